The summed E-state index contributed by atoms with van der Waals surface area (Å²) in [6, 6.07) is 9.82. The van der Waals surface area contributed by atoms with Crippen LogP contribution in [0, 0.1) is 6.92 Å². The first-order valence-electron chi connectivity index (χ1n) is 9.88. The number of hydrogen-bond donors (Lipinski definition) is 1. The highest BCUT2D eigenvalue weighted by Gasteiger charge is 2.31. The molecule has 0 saturated carbocycles. The molecule has 30 heavy (non-hydrogen) atoms. The molecule has 8 heteroatoms. The van der Waals surface area contributed by atoms with Crippen molar-refractivity contribution in [1.82, 2.24) is 29.5 Å². The number of rotatable bonds is 3. The first kappa shape index (κ1) is 18.8. The van der Waals surface area contributed by atoms with Gasteiger partial charge in [0.25, 0.3) is 0 Å². The highest BCUT2D eigenvalue weighted by molar-refractivity contribution is 6.33. The van der Waals surface area contributed by atoms with E-state index in [0.29, 0.717) is 11.0 Å². The summed E-state index contributed by atoms with van der Waals surface area (Å²) in [5.74, 6) is 1.66. The minimum Gasteiger partial charge on any atom is -0.309 e. The summed E-state index contributed by atoms with van der Waals surface area (Å²) in [6.07, 6.45) is 2.77. The monoisotopic (exact) mass is 419 g/mol. The molecule has 0 amide bonds. The topological polar surface area (TPSA) is 73.5 Å². The van der Waals surface area contributed by atoms with Gasteiger partial charge in [-0.25, -0.2) is 9.97 Å². The number of nitrogens with zero attached hydrogens (tertiary/aromatic N) is 6. The molecular formula is C22H22ClN7. The molecule has 0 bridgehead atoms. The molecule has 4 aromatic rings. The van der Waals surface area contributed by atoms with E-state index in [-0.39, 0.29) is 5.92 Å². The van der Waals surface area contributed by atoms with E-state index in [1.165, 1.54) is 0 Å². The average Bonchev–Trinajstić information content (AvgIpc) is 3.20. The van der Waals surface area contributed by atoms with E-state index >= 15 is 0 Å². The van der Waals surface area contributed by atoms with Gasteiger partial charge >= 0.3 is 0 Å². The van der Waals surface area contributed by atoms with Crippen LogP contribution in [0.25, 0.3) is 22.5 Å². The fourth-order valence-corrected chi connectivity index (χ4v) is 4.41. The predicted octanol–water partition coefficient (Wildman–Crippen LogP) is 4.64. The Labute approximate surface area is 179 Å². The maximum Gasteiger partial charge on any atom is 0.228 e. The van der Waals surface area contributed by atoms with Gasteiger partial charge in [-0.15, -0.1) is 0 Å². The number of halogens is 1. The van der Waals surface area contributed by atoms with Gasteiger partial charge in [-0.3, -0.25) is 9.36 Å². The van der Waals surface area contributed by atoms with E-state index in [0.717, 1.165) is 51.7 Å². The van der Waals surface area contributed by atoms with Gasteiger partial charge in [0.15, 0.2) is 0 Å². The molecule has 5 rings (SSSR count). The summed E-state index contributed by atoms with van der Waals surface area (Å²) in [5.41, 5.74) is 6.95. The van der Waals surface area contributed by atoms with E-state index in [4.69, 9.17) is 21.7 Å². The lowest BCUT2D eigenvalue weighted by atomic mass is 9.85. The number of nitrogens with one attached hydrogen (secondary N) is 1. The molecule has 1 atom stereocenters. The number of benzene rings is 1. The second kappa shape index (κ2) is 6.95. The lowest BCUT2D eigenvalue weighted by Crippen LogP contribution is -2.12. The van der Waals surface area contributed by atoms with E-state index in [2.05, 4.69) is 22.3 Å². The second-order valence-corrected chi connectivity index (χ2v) is 8.20. The zero-order valence-electron chi connectivity index (χ0n) is 17.3. The largest absolute Gasteiger partial charge is 0.309 e. The van der Waals surface area contributed by atoms with Crippen molar-refractivity contribution in [2.45, 2.75) is 26.2 Å². The second-order valence-electron chi connectivity index (χ2n) is 7.80. The lowest BCUT2D eigenvalue weighted by molar-refractivity contribution is 0.688. The Bertz CT molecular complexity index is 1270. The van der Waals surface area contributed by atoms with E-state index in [1.807, 2.05) is 62.2 Å². The van der Waals surface area contributed by atoms with Crippen LogP contribution in [-0.2, 0) is 20.5 Å². The number of anilines is 2. The number of fused-ring (bicyclic) bond motifs is 3. The normalized spacial score (nSPS) is 15.0. The van der Waals surface area contributed by atoms with Crippen LogP contribution in [-0.4, -0.2) is 29.5 Å². The predicted molar refractivity (Wildman–Crippen MR) is 118 cm³/mol. The standard InChI is InChI=1S/C22H22ClN7/c1-12-9-17-19(21(30(4)28-17)14-7-5-6-8-16(14)23)20-15(12)11-24-22(26-20)25-18-10-13(2)27-29(18)3/h5-8,10-12H,9H2,1-4H3,(H,24,25,26). The fourth-order valence-electron chi connectivity index (χ4n) is 4.19. The molecule has 0 radical (unpaired) electrons. The zero-order valence-corrected chi connectivity index (χ0v) is 18.1. The average molecular weight is 420 g/mol. The van der Waals surface area contributed by atoms with Gasteiger partial charge in [-0.1, -0.05) is 36.7 Å². The quantitative estimate of drug-likeness (QED) is 0.523. The van der Waals surface area contributed by atoms with Crippen LogP contribution < -0.4 is 5.32 Å². The van der Waals surface area contributed by atoms with Crippen LogP contribution in [0.15, 0.2) is 36.5 Å². The first-order chi connectivity index (χ1) is 14.4. The molecule has 0 fully saturated rings. The Morgan fingerprint density at radius 3 is 2.67 bits per heavy atom. The SMILES string of the molecule is Cc1cc(Nc2ncc3c(n2)-c2c(nn(C)c2-c2ccccc2Cl)CC3C)n(C)n1. The first-order valence-corrected chi connectivity index (χ1v) is 10.3. The molecule has 0 spiro atoms. The molecule has 7 nitrogen and oxygen atoms in total. The summed E-state index contributed by atoms with van der Waals surface area (Å²) < 4.78 is 3.69. The smallest absolute Gasteiger partial charge is 0.228 e. The highest BCUT2D eigenvalue weighted by Crippen LogP contribution is 2.44. The van der Waals surface area contributed by atoms with Crippen LogP contribution in [0.4, 0.5) is 11.8 Å². The summed E-state index contributed by atoms with van der Waals surface area (Å²) in [7, 11) is 3.85. The minimum absolute atomic E-state index is 0.287. The Balaban J connectivity index is 1.68. The van der Waals surface area contributed by atoms with Crippen molar-refractivity contribution in [3.05, 3.63) is 58.5 Å². The van der Waals surface area contributed by atoms with Gasteiger partial charge < -0.3 is 5.32 Å². The Morgan fingerprint density at radius 1 is 1.13 bits per heavy atom. The van der Waals surface area contributed by atoms with E-state index in [1.54, 1.807) is 4.68 Å². The maximum absolute atomic E-state index is 6.55. The van der Waals surface area contributed by atoms with E-state index in [9.17, 15) is 0 Å². The van der Waals surface area contributed by atoms with Crippen molar-refractivity contribution in [3.8, 4) is 22.5 Å². The van der Waals surface area contributed by atoms with Gasteiger partial charge in [-0.05, 0) is 25.3 Å². The van der Waals surface area contributed by atoms with Gasteiger partial charge in [0.2, 0.25) is 5.95 Å². The molecule has 1 aliphatic carbocycles. The van der Waals surface area contributed by atoms with Crippen molar-refractivity contribution >= 4 is 23.4 Å². The van der Waals surface area contributed by atoms with Crippen LogP contribution in [0.1, 0.15) is 29.8 Å². The molecule has 152 valence electrons. The number of aromatic nitrogens is 6. The lowest BCUT2D eigenvalue weighted by Gasteiger charge is -2.22. The van der Waals surface area contributed by atoms with Crippen molar-refractivity contribution in [2.75, 3.05) is 5.32 Å². The highest BCUT2D eigenvalue weighted by atomic mass is 35.5. The summed E-state index contributed by atoms with van der Waals surface area (Å²) in [5, 5.41) is 13.2. The third-order valence-electron chi connectivity index (χ3n) is 5.57. The third kappa shape index (κ3) is 2.97. The molecule has 1 N–H and O–H groups in total. The van der Waals surface area contributed by atoms with Crippen LogP contribution in [0.5, 0.6) is 0 Å². The Morgan fingerprint density at radius 2 is 1.93 bits per heavy atom. The van der Waals surface area contributed by atoms with Crippen LogP contribution >= 0.6 is 11.6 Å². The number of aryl methyl sites for hydroxylation is 3. The molecular weight excluding hydrogens is 398 g/mol. The molecule has 1 unspecified atom stereocenters. The summed E-state index contributed by atoms with van der Waals surface area (Å²) >= 11 is 6.55. The molecule has 3 aromatic heterocycles. The molecule has 0 saturated heterocycles. The van der Waals surface area contributed by atoms with Crippen LogP contribution in [0.3, 0.4) is 0 Å². The molecule has 3 heterocycles. The van der Waals surface area contributed by atoms with Gasteiger partial charge in [-0.2, -0.15) is 10.2 Å². The van der Waals surface area contributed by atoms with Crippen molar-refractivity contribution in [2.24, 2.45) is 14.1 Å². The van der Waals surface area contributed by atoms with Crippen molar-refractivity contribution < 1.29 is 0 Å². The number of hydrogen-bond acceptors (Lipinski definition) is 5. The van der Waals surface area contributed by atoms with Gasteiger partial charge in [0.05, 0.1) is 22.8 Å². The maximum atomic E-state index is 6.55. The van der Waals surface area contributed by atoms with E-state index < -0.39 is 0 Å². The Kier molecular flexibility index (Phi) is 4.36. The summed E-state index contributed by atoms with van der Waals surface area (Å²) in [6.45, 7) is 4.14. The fraction of sp³-hybridized carbons (Fsp3) is 0.273. The van der Waals surface area contributed by atoms with Crippen molar-refractivity contribution in [1.29, 1.82) is 0 Å². The zero-order chi connectivity index (χ0) is 21.0. The van der Waals surface area contributed by atoms with Gasteiger partial charge in [0, 0.05) is 48.1 Å². The summed E-state index contributed by atoms with van der Waals surface area (Å²) in [4.78, 5) is 9.49. The molecule has 0 aliphatic heterocycles. The van der Waals surface area contributed by atoms with Crippen molar-refractivity contribution in [3.63, 3.8) is 0 Å². The third-order valence-corrected chi connectivity index (χ3v) is 5.90. The molecule has 1 aromatic carbocycles. The van der Waals surface area contributed by atoms with Gasteiger partial charge in [0.1, 0.15) is 5.82 Å². The minimum atomic E-state index is 0.287. The Hall–Kier alpha value is -3.19. The van der Waals surface area contributed by atoms with Crippen LogP contribution in [0.2, 0.25) is 5.02 Å². The molecule has 1 aliphatic rings.